The summed E-state index contributed by atoms with van der Waals surface area (Å²) in [4.78, 5) is 25.5. The number of thioether (sulfide) groups is 1. The molecule has 1 heterocycles. The lowest BCUT2D eigenvalue weighted by atomic mass is 9.74. The molecule has 1 fully saturated rings. The average molecular weight is 475 g/mol. The molecule has 1 saturated heterocycles. The number of hydrogen-bond acceptors (Lipinski definition) is 5. The topological polar surface area (TPSA) is 76.7 Å². The van der Waals surface area contributed by atoms with Crippen LogP contribution in [0, 0.1) is 5.82 Å². The Morgan fingerprint density at radius 1 is 1.12 bits per heavy atom. The highest BCUT2D eigenvalue weighted by Crippen LogP contribution is 2.34. The third-order valence-electron chi connectivity index (χ3n) is 5.88. The molecule has 178 valence electrons. The van der Waals surface area contributed by atoms with Gasteiger partial charge in [-0.05, 0) is 61.1 Å². The van der Waals surface area contributed by atoms with E-state index in [1.54, 1.807) is 36.0 Å². The lowest BCUT2D eigenvalue weighted by Crippen LogP contribution is -2.52. The van der Waals surface area contributed by atoms with Crippen molar-refractivity contribution in [1.82, 2.24) is 10.6 Å². The molecule has 0 aliphatic carbocycles. The first-order chi connectivity index (χ1) is 16.0. The maximum Gasteiger partial charge on any atom is 0.258 e. The molecule has 1 aliphatic rings. The predicted molar refractivity (Wildman–Crippen MR) is 128 cm³/mol. The monoisotopic (exact) mass is 474 g/mol. The summed E-state index contributed by atoms with van der Waals surface area (Å²) >= 11 is 1.61. The van der Waals surface area contributed by atoms with Crippen LogP contribution in [0.4, 0.5) is 4.39 Å². The number of benzene rings is 2. The van der Waals surface area contributed by atoms with Crippen molar-refractivity contribution in [2.24, 2.45) is 0 Å². The van der Waals surface area contributed by atoms with Crippen molar-refractivity contribution >= 4 is 23.6 Å². The Balaban J connectivity index is 1.61. The van der Waals surface area contributed by atoms with Crippen LogP contribution in [0.15, 0.2) is 54.6 Å². The van der Waals surface area contributed by atoms with Gasteiger partial charge < -0.3 is 20.1 Å². The fraction of sp³-hybridized carbons (Fsp3) is 0.440. The molecule has 0 spiro atoms. The van der Waals surface area contributed by atoms with E-state index in [4.69, 9.17) is 9.47 Å². The van der Waals surface area contributed by atoms with E-state index >= 15 is 0 Å². The quantitative estimate of drug-likeness (QED) is 0.523. The molecule has 0 aromatic heterocycles. The van der Waals surface area contributed by atoms with Gasteiger partial charge in [-0.1, -0.05) is 30.3 Å². The fourth-order valence-electron chi connectivity index (χ4n) is 3.92. The van der Waals surface area contributed by atoms with Gasteiger partial charge in [0.05, 0.1) is 0 Å². The third kappa shape index (κ3) is 7.47. The summed E-state index contributed by atoms with van der Waals surface area (Å²) in [6.07, 6.45) is 3.93. The highest BCUT2D eigenvalue weighted by molar-refractivity contribution is 7.98. The molecule has 2 aromatic carbocycles. The number of nitrogens with one attached hydrogen (secondary N) is 2. The molecular weight excluding hydrogens is 443 g/mol. The van der Waals surface area contributed by atoms with Crippen molar-refractivity contribution < 1.29 is 23.5 Å². The number of hydrogen-bond donors (Lipinski definition) is 2. The van der Waals surface area contributed by atoms with Gasteiger partial charge in [-0.3, -0.25) is 9.59 Å². The first kappa shape index (κ1) is 25.1. The number of halogens is 1. The molecule has 2 N–H and O–H groups in total. The predicted octanol–water partition coefficient (Wildman–Crippen LogP) is 3.31. The van der Waals surface area contributed by atoms with Crippen LogP contribution >= 0.6 is 11.8 Å². The SMILES string of the molecule is CSCCC(NC(=O)COc1ccccc1)C(=O)NCC1(c2ccc(F)cc2)CCOCC1. The van der Waals surface area contributed by atoms with Crippen molar-refractivity contribution in [2.45, 2.75) is 30.7 Å². The van der Waals surface area contributed by atoms with Crippen LogP contribution in [0.1, 0.15) is 24.8 Å². The summed E-state index contributed by atoms with van der Waals surface area (Å²) in [7, 11) is 0. The van der Waals surface area contributed by atoms with Crippen molar-refractivity contribution in [3.05, 3.63) is 66.0 Å². The van der Waals surface area contributed by atoms with E-state index in [9.17, 15) is 14.0 Å². The Morgan fingerprint density at radius 3 is 2.48 bits per heavy atom. The standard InChI is InChI=1S/C25H31FN2O4S/c1-33-16-11-22(28-23(29)17-32-21-5-3-2-4-6-21)24(30)27-18-25(12-14-31-15-13-25)19-7-9-20(26)10-8-19/h2-10,22H,11-18H2,1H3,(H,27,30)(H,28,29). The second-order valence-electron chi connectivity index (χ2n) is 8.12. The molecule has 8 heteroatoms. The lowest BCUT2D eigenvalue weighted by molar-refractivity contribution is -0.130. The van der Waals surface area contributed by atoms with Crippen LogP contribution in [-0.2, 0) is 19.7 Å². The molecule has 2 amide bonds. The molecule has 1 aliphatic heterocycles. The lowest BCUT2D eigenvalue weighted by Gasteiger charge is -2.38. The fourth-order valence-corrected chi connectivity index (χ4v) is 4.39. The Labute approximate surface area is 198 Å². The van der Waals surface area contributed by atoms with Gasteiger partial charge in [-0.15, -0.1) is 0 Å². The Kier molecular flexibility index (Phi) is 9.57. The Bertz CT molecular complexity index is 889. The van der Waals surface area contributed by atoms with Crippen LogP contribution < -0.4 is 15.4 Å². The van der Waals surface area contributed by atoms with Crippen molar-refractivity contribution in [3.8, 4) is 5.75 Å². The zero-order chi connectivity index (χ0) is 23.5. The van der Waals surface area contributed by atoms with Gasteiger partial charge in [-0.2, -0.15) is 11.8 Å². The van der Waals surface area contributed by atoms with Crippen LogP contribution in [0.3, 0.4) is 0 Å². The van der Waals surface area contributed by atoms with Crippen molar-refractivity contribution in [1.29, 1.82) is 0 Å². The highest BCUT2D eigenvalue weighted by atomic mass is 32.2. The number of carbonyl (C=O) groups excluding carboxylic acids is 2. The largest absolute Gasteiger partial charge is 0.484 e. The maximum atomic E-state index is 13.5. The molecule has 2 aromatic rings. The summed E-state index contributed by atoms with van der Waals surface area (Å²) in [6.45, 7) is 1.39. The molecular formula is C25H31FN2O4S. The molecule has 1 atom stereocenters. The minimum absolute atomic E-state index is 0.163. The molecule has 33 heavy (non-hydrogen) atoms. The maximum absolute atomic E-state index is 13.5. The minimum atomic E-state index is -0.658. The van der Waals surface area contributed by atoms with E-state index in [0.29, 0.717) is 31.9 Å². The van der Waals surface area contributed by atoms with Crippen LogP contribution in [0.2, 0.25) is 0 Å². The van der Waals surface area contributed by atoms with Crippen molar-refractivity contribution in [2.75, 3.05) is 38.4 Å². The van der Waals surface area contributed by atoms with Crippen LogP contribution in [0.5, 0.6) is 5.75 Å². The molecule has 0 saturated carbocycles. The molecule has 0 bridgehead atoms. The normalized spacial score (nSPS) is 15.9. The Hall–Kier alpha value is -2.58. The average Bonchev–Trinajstić information content (AvgIpc) is 2.85. The van der Waals surface area contributed by atoms with Gasteiger partial charge in [0.1, 0.15) is 17.6 Å². The van der Waals surface area contributed by atoms with Crippen LogP contribution in [0.25, 0.3) is 0 Å². The zero-order valence-electron chi connectivity index (χ0n) is 18.8. The second-order valence-corrected chi connectivity index (χ2v) is 9.11. The number of carbonyl (C=O) groups is 2. The van der Waals surface area contributed by atoms with E-state index in [0.717, 1.165) is 24.2 Å². The Morgan fingerprint density at radius 2 is 1.82 bits per heavy atom. The highest BCUT2D eigenvalue weighted by Gasteiger charge is 2.35. The summed E-state index contributed by atoms with van der Waals surface area (Å²) in [5.41, 5.74) is 0.653. The molecule has 0 radical (unpaired) electrons. The van der Waals surface area contributed by atoms with Gasteiger partial charge in [0.25, 0.3) is 5.91 Å². The summed E-state index contributed by atoms with van der Waals surface area (Å²) < 4.78 is 24.5. The second kappa shape index (κ2) is 12.6. The minimum Gasteiger partial charge on any atom is -0.484 e. The molecule has 3 rings (SSSR count). The number of para-hydroxylation sites is 1. The van der Waals surface area contributed by atoms with Gasteiger partial charge in [-0.25, -0.2) is 4.39 Å². The van der Waals surface area contributed by atoms with E-state index < -0.39 is 6.04 Å². The smallest absolute Gasteiger partial charge is 0.258 e. The van der Waals surface area contributed by atoms with E-state index in [2.05, 4.69) is 10.6 Å². The number of ether oxygens (including phenoxy) is 2. The summed E-state index contributed by atoms with van der Waals surface area (Å²) in [5.74, 6) is 0.458. The number of rotatable bonds is 11. The summed E-state index contributed by atoms with van der Waals surface area (Å²) in [6, 6.07) is 14.9. The van der Waals surface area contributed by atoms with Gasteiger partial charge in [0.2, 0.25) is 5.91 Å². The van der Waals surface area contributed by atoms with Crippen molar-refractivity contribution in [3.63, 3.8) is 0 Å². The van der Waals surface area contributed by atoms with Gasteiger partial charge in [0.15, 0.2) is 6.61 Å². The molecule has 1 unspecified atom stereocenters. The van der Waals surface area contributed by atoms with E-state index in [-0.39, 0.29) is 29.7 Å². The molecule has 6 nitrogen and oxygen atoms in total. The zero-order valence-corrected chi connectivity index (χ0v) is 19.7. The van der Waals surface area contributed by atoms with E-state index in [1.807, 2.05) is 24.5 Å². The van der Waals surface area contributed by atoms with Gasteiger partial charge in [0, 0.05) is 25.2 Å². The van der Waals surface area contributed by atoms with Crippen LogP contribution in [-0.4, -0.2) is 56.2 Å². The van der Waals surface area contributed by atoms with Gasteiger partial charge >= 0.3 is 0 Å². The first-order valence-electron chi connectivity index (χ1n) is 11.1. The number of amides is 2. The third-order valence-corrected chi connectivity index (χ3v) is 6.53. The van der Waals surface area contributed by atoms with E-state index in [1.165, 1.54) is 12.1 Å². The summed E-state index contributed by atoms with van der Waals surface area (Å²) in [5, 5.41) is 5.85. The first-order valence-corrected chi connectivity index (χ1v) is 12.5.